The molecule has 1 aromatic rings. The Kier molecular flexibility index (Phi) is 3.24. The Balaban J connectivity index is 2.30. The minimum Gasteiger partial charge on any atom is -0.195 e. The number of rotatable bonds is 2. The van der Waals surface area contributed by atoms with Gasteiger partial charge in [-0.3, -0.25) is 0 Å². The minimum absolute atomic E-state index is 0.0944. The van der Waals surface area contributed by atoms with Crippen LogP contribution in [-0.4, -0.2) is 19.3 Å². The molecule has 0 spiro atoms. The SMILES string of the molecule is Cc1ccc(C2CCCN2S(=O)(=O)Cl)cc1. The highest BCUT2D eigenvalue weighted by Gasteiger charge is 2.33. The molecule has 1 heterocycles. The molecule has 0 amide bonds. The maximum Gasteiger partial charge on any atom is 0.300 e. The van der Waals surface area contributed by atoms with E-state index in [0.29, 0.717) is 6.54 Å². The van der Waals surface area contributed by atoms with Gasteiger partial charge in [-0.1, -0.05) is 29.8 Å². The number of halogens is 1. The Morgan fingerprint density at radius 2 is 1.94 bits per heavy atom. The number of benzene rings is 1. The molecule has 1 atom stereocenters. The van der Waals surface area contributed by atoms with Crippen LogP contribution in [0, 0.1) is 6.92 Å². The summed E-state index contributed by atoms with van der Waals surface area (Å²) in [6, 6.07) is 7.84. The van der Waals surface area contributed by atoms with Crippen molar-refractivity contribution in [2.75, 3.05) is 6.54 Å². The third kappa shape index (κ3) is 2.39. The smallest absolute Gasteiger partial charge is 0.195 e. The summed E-state index contributed by atoms with van der Waals surface area (Å²) in [7, 11) is 1.81. The van der Waals surface area contributed by atoms with E-state index in [-0.39, 0.29) is 6.04 Å². The minimum atomic E-state index is -3.60. The quantitative estimate of drug-likeness (QED) is 0.766. The van der Waals surface area contributed by atoms with E-state index in [9.17, 15) is 8.42 Å². The van der Waals surface area contributed by atoms with Crippen LogP contribution in [0.5, 0.6) is 0 Å². The van der Waals surface area contributed by atoms with Gasteiger partial charge < -0.3 is 0 Å². The number of nitrogens with zero attached hydrogens (tertiary/aromatic N) is 1. The van der Waals surface area contributed by atoms with Crippen molar-refractivity contribution in [1.82, 2.24) is 4.31 Å². The highest BCUT2D eigenvalue weighted by Crippen LogP contribution is 2.35. The van der Waals surface area contributed by atoms with Crippen LogP contribution in [0.2, 0.25) is 0 Å². The average Bonchev–Trinajstić information content (AvgIpc) is 2.66. The topological polar surface area (TPSA) is 37.4 Å². The van der Waals surface area contributed by atoms with Crippen LogP contribution >= 0.6 is 10.7 Å². The molecule has 0 bridgehead atoms. The molecular weight excluding hydrogens is 246 g/mol. The lowest BCUT2D eigenvalue weighted by molar-refractivity contribution is 0.406. The Morgan fingerprint density at radius 1 is 1.31 bits per heavy atom. The van der Waals surface area contributed by atoms with E-state index < -0.39 is 9.24 Å². The lowest BCUT2D eigenvalue weighted by Gasteiger charge is -2.21. The van der Waals surface area contributed by atoms with Crippen molar-refractivity contribution in [3.8, 4) is 0 Å². The molecule has 5 heteroatoms. The summed E-state index contributed by atoms with van der Waals surface area (Å²) in [5.41, 5.74) is 2.19. The molecule has 3 nitrogen and oxygen atoms in total. The first-order chi connectivity index (χ1) is 7.48. The van der Waals surface area contributed by atoms with Crippen molar-refractivity contribution in [3.05, 3.63) is 35.4 Å². The molecule has 16 heavy (non-hydrogen) atoms. The zero-order chi connectivity index (χ0) is 11.8. The van der Waals surface area contributed by atoms with Gasteiger partial charge in [-0.2, -0.15) is 12.7 Å². The first kappa shape index (κ1) is 11.9. The molecule has 1 aromatic carbocycles. The molecule has 1 aliphatic heterocycles. The first-order valence-electron chi connectivity index (χ1n) is 5.26. The second-order valence-corrected chi connectivity index (χ2v) is 6.58. The predicted molar refractivity (Wildman–Crippen MR) is 64.6 cm³/mol. The van der Waals surface area contributed by atoms with Crippen LogP contribution in [0.3, 0.4) is 0 Å². The fraction of sp³-hybridized carbons (Fsp3) is 0.455. The standard InChI is InChI=1S/C11H14ClNO2S/c1-9-4-6-10(7-5-9)11-3-2-8-13(11)16(12,14)15/h4-7,11H,2-3,8H2,1H3. The lowest BCUT2D eigenvalue weighted by Crippen LogP contribution is -2.26. The van der Waals surface area contributed by atoms with Gasteiger partial charge in [-0.05, 0) is 25.3 Å². The number of hydrogen-bond donors (Lipinski definition) is 0. The monoisotopic (exact) mass is 259 g/mol. The van der Waals surface area contributed by atoms with Crippen LogP contribution < -0.4 is 0 Å². The van der Waals surface area contributed by atoms with E-state index in [0.717, 1.165) is 18.4 Å². The van der Waals surface area contributed by atoms with Crippen molar-refractivity contribution >= 4 is 19.9 Å². The second-order valence-electron chi connectivity index (χ2n) is 4.12. The summed E-state index contributed by atoms with van der Waals surface area (Å²) < 4.78 is 24.1. The van der Waals surface area contributed by atoms with Crippen LogP contribution in [-0.2, 0) is 9.24 Å². The Bertz CT molecular complexity index is 469. The Labute approximate surface area is 101 Å². The third-order valence-corrected chi connectivity index (χ3v) is 4.48. The fourth-order valence-corrected chi connectivity index (χ4v) is 3.50. The van der Waals surface area contributed by atoms with E-state index in [2.05, 4.69) is 0 Å². The predicted octanol–water partition coefficient (Wildman–Crippen LogP) is 2.62. The van der Waals surface area contributed by atoms with E-state index in [1.54, 1.807) is 0 Å². The van der Waals surface area contributed by atoms with Gasteiger partial charge in [0.25, 0.3) is 9.24 Å². The summed E-state index contributed by atoms with van der Waals surface area (Å²) >= 11 is 0. The zero-order valence-electron chi connectivity index (χ0n) is 9.06. The summed E-state index contributed by atoms with van der Waals surface area (Å²) in [4.78, 5) is 0. The van der Waals surface area contributed by atoms with Crippen LogP contribution in [0.4, 0.5) is 0 Å². The van der Waals surface area contributed by atoms with Crippen molar-refractivity contribution in [2.24, 2.45) is 0 Å². The average molecular weight is 260 g/mol. The molecule has 1 unspecified atom stereocenters. The molecule has 1 saturated heterocycles. The van der Waals surface area contributed by atoms with Crippen LogP contribution in [0.25, 0.3) is 0 Å². The van der Waals surface area contributed by atoms with Gasteiger partial charge in [0.15, 0.2) is 0 Å². The molecule has 0 radical (unpaired) electrons. The second kappa shape index (κ2) is 4.35. The van der Waals surface area contributed by atoms with Gasteiger partial charge in [0.2, 0.25) is 0 Å². The van der Waals surface area contributed by atoms with E-state index in [1.165, 1.54) is 9.87 Å². The molecular formula is C11H14ClNO2S. The number of hydrogen-bond acceptors (Lipinski definition) is 2. The summed E-state index contributed by atoms with van der Waals surface area (Å²) in [6.07, 6.45) is 1.71. The highest BCUT2D eigenvalue weighted by atomic mass is 35.7. The number of aryl methyl sites for hydroxylation is 1. The van der Waals surface area contributed by atoms with Gasteiger partial charge in [-0.15, -0.1) is 0 Å². The van der Waals surface area contributed by atoms with E-state index in [4.69, 9.17) is 10.7 Å². The summed E-state index contributed by atoms with van der Waals surface area (Å²) in [6.45, 7) is 2.53. The van der Waals surface area contributed by atoms with E-state index in [1.807, 2.05) is 31.2 Å². The van der Waals surface area contributed by atoms with Crippen molar-refractivity contribution < 1.29 is 8.42 Å². The normalized spacial score (nSPS) is 22.5. The van der Waals surface area contributed by atoms with Gasteiger partial charge in [0.05, 0.1) is 6.04 Å². The molecule has 1 fully saturated rings. The molecule has 1 aliphatic rings. The van der Waals surface area contributed by atoms with Crippen molar-refractivity contribution in [2.45, 2.75) is 25.8 Å². The molecule has 0 aromatic heterocycles. The van der Waals surface area contributed by atoms with Crippen molar-refractivity contribution in [1.29, 1.82) is 0 Å². The Hall–Kier alpha value is -0.580. The van der Waals surface area contributed by atoms with Gasteiger partial charge >= 0.3 is 0 Å². The van der Waals surface area contributed by atoms with Crippen LogP contribution in [0.15, 0.2) is 24.3 Å². The summed E-state index contributed by atoms with van der Waals surface area (Å²) in [5, 5.41) is 0. The highest BCUT2D eigenvalue weighted by molar-refractivity contribution is 8.11. The van der Waals surface area contributed by atoms with Crippen LogP contribution in [0.1, 0.15) is 30.0 Å². The molecule has 0 saturated carbocycles. The van der Waals surface area contributed by atoms with Gasteiger partial charge in [-0.25, -0.2) is 0 Å². The molecule has 0 aliphatic carbocycles. The zero-order valence-corrected chi connectivity index (χ0v) is 10.6. The van der Waals surface area contributed by atoms with Gasteiger partial charge in [0, 0.05) is 17.2 Å². The van der Waals surface area contributed by atoms with Gasteiger partial charge in [0.1, 0.15) is 0 Å². The van der Waals surface area contributed by atoms with E-state index >= 15 is 0 Å². The first-order valence-corrected chi connectivity index (χ1v) is 7.53. The fourth-order valence-electron chi connectivity index (χ4n) is 2.12. The molecule has 88 valence electrons. The summed E-state index contributed by atoms with van der Waals surface area (Å²) in [5.74, 6) is 0. The van der Waals surface area contributed by atoms with Crippen molar-refractivity contribution in [3.63, 3.8) is 0 Å². The third-order valence-electron chi connectivity index (χ3n) is 2.95. The maximum absolute atomic E-state index is 11.4. The molecule has 0 N–H and O–H groups in total. The molecule has 2 rings (SSSR count). The lowest BCUT2D eigenvalue weighted by atomic mass is 10.0. The largest absolute Gasteiger partial charge is 0.300 e. The Morgan fingerprint density at radius 3 is 2.50 bits per heavy atom. The maximum atomic E-state index is 11.4.